The maximum absolute atomic E-state index is 13.2. The fourth-order valence-electron chi connectivity index (χ4n) is 4.04. The Balaban J connectivity index is 1.82. The van der Waals surface area contributed by atoms with E-state index in [1.165, 1.54) is 36.1 Å². The molecule has 0 fully saturated rings. The van der Waals surface area contributed by atoms with Crippen molar-refractivity contribution in [2.45, 2.75) is 45.6 Å². The largest absolute Gasteiger partial charge is 0.463 e. The van der Waals surface area contributed by atoms with Crippen LogP contribution in [0.25, 0.3) is 17.1 Å². The Morgan fingerprint density at radius 2 is 1.85 bits per heavy atom. The van der Waals surface area contributed by atoms with E-state index in [1.807, 2.05) is 32.0 Å². The van der Waals surface area contributed by atoms with E-state index in [1.54, 1.807) is 0 Å². The number of benzene rings is 2. The number of methoxy groups -OCH3 is 1. The van der Waals surface area contributed by atoms with Gasteiger partial charge in [0.05, 0.1) is 19.3 Å². The Hall–Kier alpha value is -3.97. The number of hydrogen-bond acceptors (Lipinski definition) is 7. The van der Waals surface area contributed by atoms with E-state index >= 15 is 0 Å². The lowest BCUT2D eigenvalue weighted by Gasteiger charge is -2.15. The SMILES string of the molecule is CCc1cccc(C)c1-n1nc(Cn2nc(-c3ccc(Cl)cc3)n(C[C@H](O)C(F)(F)F)c2=O)nc1C(=O)OC. The number of aromatic nitrogens is 6. The molecule has 1 atom stereocenters. The zero-order valence-corrected chi connectivity index (χ0v) is 21.9. The summed E-state index contributed by atoms with van der Waals surface area (Å²) in [6, 6.07) is 11.5. The molecule has 0 aliphatic carbocycles. The lowest BCUT2D eigenvalue weighted by atomic mass is 10.1. The minimum absolute atomic E-state index is 0.00789. The maximum Gasteiger partial charge on any atom is 0.416 e. The summed E-state index contributed by atoms with van der Waals surface area (Å²) in [7, 11) is 1.19. The lowest BCUT2D eigenvalue weighted by Crippen LogP contribution is -2.37. The first-order valence-electron chi connectivity index (χ1n) is 11.8. The van der Waals surface area contributed by atoms with Gasteiger partial charge in [-0.1, -0.05) is 36.7 Å². The number of alkyl halides is 3. The summed E-state index contributed by atoms with van der Waals surface area (Å²) in [5, 5.41) is 18.7. The van der Waals surface area contributed by atoms with Crippen LogP contribution in [0.4, 0.5) is 13.2 Å². The van der Waals surface area contributed by atoms with Crippen molar-refractivity contribution in [2.75, 3.05) is 7.11 Å². The average molecular weight is 565 g/mol. The van der Waals surface area contributed by atoms with E-state index in [-0.39, 0.29) is 24.0 Å². The van der Waals surface area contributed by atoms with Crippen molar-refractivity contribution in [1.82, 2.24) is 29.1 Å². The van der Waals surface area contributed by atoms with Crippen molar-refractivity contribution in [1.29, 1.82) is 0 Å². The van der Waals surface area contributed by atoms with Gasteiger partial charge >= 0.3 is 17.8 Å². The molecule has 206 valence electrons. The summed E-state index contributed by atoms with van der Waals surface area (Å²) in [6.45, 7) is 2.32. The maximum atomic E-state index is 13.2. The van der Waals surface area contributed by atoms with Crippen molar-refractivity contribution < 1.29 is 27.8 Å². The van der Waals surface area contributed by atoms with Gasteiger partial charge in [0.15, 0.2) is 17.8 Å². The van der Waals surface area contributed by atoms with Gasteiger partial charge in [0.25, 0.3) is 0 Å². The molecule has 2 aromatic heterocycles. The number of rotatable bonds is 8. The van der Waals surface area contributed by atoms with Crippen LogP contribution in [0.3, 0.4) is 0 Å². The third-order valence-corrected chi connectivity index (χ3v) is 6.23. The third-order valence-electron chi connectivity index (χ3n) is 5.98. The summed E-state index contributed by atoms with van der Waals surface area (Å²) < 4.78 is 47.2. The summed E-state index contributed by atoms with van der Waals surface area (Å²) >= 11 is 5.93. The van der Waals surface area contributed by atoms with E-state index in [2.05, 4.69) is 15.2 Å². The molecule has 0 spiro atoms. The number of nitrogens with zero attached hydrogens (tertiary/aromatic N) is 6. The van der Waals surface area contributed by atoms with Gasteiger partial charge in [0, 0.05) is 10.6 Å². The average Bonchev–Trinajstić information content (AvgIpc) is 3.44. The highest BCUT2D eigenvalue weighted by atomic mass is 35.5. The van der Waals surface area contributed by atoms with Crippen molar-refractivity contribution >= 4 is 17.6 Å². The molecule has 1 N–H and O–H groups in total. The second-order valence-corrected chi connectivity index (χ2v) is 9.07. The van der Waals surface area contributed by atoms with Gasteiger partial charge in [-0.25, -0.2) is 23.9 Å². The molecule has 0 saturated carbocycles. The number of carbonyl (C=O) groups excluding carboxylic acids is 1. The van der Waals surface area contributed by atoms with E-state index in [0.29, 0.717) is 22.7 Å². The van der Waals surface area contributed by atoms with Crippen LogP contribution in [0.5, 0.6) is 0 Å². The fraction of sp³-hybridized carbons (Fsp3) is 0.320. The number of aryl methyl sites for hydroxylation is 2. The standard InChI is InChI=1S/C25H24ClF3N6O4/c1-4-15-7-5-6-14(2)20(15)35-22(23(37)39-3)30-19(31-35)13-34-24(38)33(12-18(36)25(27,28)29)21(32-34)16-8-10-17(26)11-9-16/h5-11,18,36H,4,12-13H2,1-3H3/t18-/m0/s1. The van der Waals surface area contributed by atoms with Gasteiger partial charge < -0.3 is 9.84 Å². The van der Waals surface area contributed by atoms with Gasteiger partial charge in [0.2, 0.25) is 5.82 Å². The van der Waals surface area contributed by atoms with E-state index < -0.39 is 30.5 Å². The Labute approximate surface area is 225 Å². The molecule has 0 saturated heterocycles. The molecule has 14 heteroatoms. The zero-order valence-electron chi connectivity index (χ0n) is 21.1. The topological polar surface area (TPSA) is 117 Å². The summed E-state index contributed by atoms with van der Waals surface area (Å²) in [6.07, 6.45) is -7.14. The van der Waals surface area contributed by atoms with Gasteiger partial charge in [0.1, 0.15) is 6.54 Å². The Morgan fingerprint density at radius 1 is 1.15 bits per heavy atom. The fourth-order valence-corrected chi connectivity index (χ4v) is 4.17. The van der Waals surface area contributed by atoms with Crippen LogP contribution in [0.1, 0.15) is 34.5 Å². The second-order valence-electron chi connectivity index (χ2n) is 8.63. The first-order valence-corrected chi connectivity index (χ1v) is 12.1. The van der Waals surface area contributed by atoms with Crippen LogP contribution in [-0.4, -0.2) is 59.6 Å². The summed E-state index contributed by atoms with van der Waals surface area (Å²) in [5.74, 6) is -1.05. The molecule has 0 radical (unpaired) electrons. The van der Waals surface area contributed by atoms with E-state index in [9.17, 15) is 27.9 Å². The Bertz CT molecular complexity index is 1560. The van der Waals surface area contributed by atoms with Crippen molar-refractivity contribution in [3.05, 3.63) is 80.7 Å². The minimum atomic E-state index is -4.96. The molecule has 4 aromatic rings. The highest BCUT2D eigenvalue weighted by molar-refractivity contribution is 6.30. The molecule has 10 nitrogen and oxygen atoms in total. The number of ether oxygens (including phenoxy) is 1. The number of aliphatic hydroxyl groups is 1. The summed E-state index contributed by atoms with van der Waals surface area (Å²) in [4.78, 5) is 30.0. The first-order chi connectivity index (χ1) is 18.4. The Morgan fingerprint density at radius 3 is 2.46 bits per heavy atom. The molecule has 0 bridgehead atoms. The third kappa shape index (κ3) is 5.73. The Kier molecular flexibility index (Phi) is 7.93. The van der Waals surface area contributed by atoms with Crippen LogP contribution in [-0.2, 0) is 24.2 Å². The van der Waals surface area contributed by atoms with Gasteiger partial charge in [-0.05, 0) is 48.7 Å². The van der Waals surface area contributed by atoms with Gasteiger partial charge in [-0.15, -0.1) is 10.2 Å². The molecule has 0 aliphatic heterocycles. The van der Waals surface area contributed by atoms with Crippen LogP contribution in [0, 0.1) is 6.92 Å². The van der Waals surface area contributed by atoms with E-state index in [4.69, 9.17) is 16.3 Å². The number of hydrogen-bond donors (Lipinski definition) is 1. The number of esters is 1. The molecule has 0 aliphatic rings. The lowest BCUT2D eigenvalue weighted by molar-refractivity contribution is -0.207. The number of aliphatic hydroxyl groups excluding tert-OH is 1. The molecule has 4 rings (SSSR count). The predicted molar refractivity (Wildman–Crippen MR) is 135 cm³/mol. The van der Waals surface area contributed by atoms with Crippen LogP contribution in [0.15, 0.2) is 47.3 Å². The normalized spacial score (nSPS) is 12.5. The van der Waals surface area contributed by atoms with E-state index in [0.717, 1.165) is 20.4 Å². The highest BCUT2D eigenvalue weighted by Crippen LogP contribution is 2.25. The molecule has 0 unspecified atom stereocenters. The number of halogens is 4. The number of carbonyl (C=O) groups is 1. The van der Waals surface area contributed by atoms with Crippen molar-refractivity contribution in [3.8, 4) is 17.1 Å². The van der Waals surface area contributed by atoms with Crippen LogP contribution >= 0.6 is 11.6 Å². The van der Waals surface area contributed by atoms with Crippen molar-refractivity contribution in [3.63, 3.8) is 0 Å². The molecule has 0 amide bonds. The monoisotopic (exact) mass is 564 g/mol. The summed E-state index contributed by atoms with van der Waals surface area (Å²) in [5.41, 5.74) is 1.66. The van der Waals surface area contributed by atoms with Gasteiger partial charge in [-0.2, -0.15) is 13.2 Å². The number of para-hydroxylation sites is 1. The molecule has 39 heavy (non-hydrogen) atoms. The molecule has 2 heterocycles. The molecular formula is C25H24ClF3N6O4. The van der Waals surface area contributed by atoms with Gasteiger partial charge in [-0.3, -0.25) is 4.57 Å². The predicted octanol–water partition coefficient (Wildman–Crippen LogP) is 3.57. The molecular weight excluding hydrogens is 541 g/mol. The van der Waals surface area contributed by atoms with Crippen LogP contribution in [0.2, 0.25) is 5.02 Å². The highest BCUT2D eigenvalue weighted by Gasteiger charge is 2.39. The quantitative estimate of drug-likeness (QED) is 0.325. The first kappa shape index (κ1) is 28.0. The zero-order chi connectivity index (χ0) is 28.5. The van der Waals surface area contributed by atoms with Crippen molar-refractivity contribution in [2.24, 2.45) is 0 Å². The second kappa shape index (κ2) is 11.0. The minimum Gasteiger partial charge on any atom is -0.463 e. The smallest absolute Gasteiger partial charge is 0.416 e. The van der Waals surface area contributed by atoms with Crippen LogP contribution < -0.4 is 5.69 Å². The molecule has 2 aromatic carbocycles.